The van der Waals surface area contributed by atoms with E-state index in [2.05, 4.69) is 10.1 Å². The van der Waals surface area contributed by atoms with Crippen molar-refractivity contribution >= 4 is 5.69 Å². The maximum absolute atomic E-state index is 9.42. The summed E-state index contributed by atoms with van der Waals surface area (Å²) in [6.07, 6.45) is 1.48. The van der Waals surface area contributed by atoms with Crippen LogP contribution < -0.4 is 10.5 Å². The van der Waals surface area contributed by atoms with Gasteiger partial charge in [-0.2, -0.15) is 5.10 Å². The Hall–Kier alpha value is -2.24. The predicted octanol–water partition coefficient (Wildman–Crippen LogP) is 1.16. The van der Waals surface area contributed by atoms with Gasteiger partial charge in [-0.3, -0.25) is 0 Å². The molecule has 0 aliphatic rings. The zero-order valence-electron chi connectivity index (χ0n) is 9.50. The molecule has 0 saturated carbocycles. The monoisotopic (exact) mass is 234 g/mol. The van der Waals surface area contributed by atoms with Crippen LogP contribution in [0.25, 0.3) is 0 Å². The zero-order chi connectivity index (χ0) is 12.3. The summed E-state index contributed by atoms with van der Waals surface area (Å²) in [6, 6.07) is 4.88. The van der Waals surface area contributed by atoms with Crippen molar-refractivity contribution in [1.82, 2.24) is 14.8 Å². The summed E-state index contributed by atoms with van der Waals surface area (Å²) in [6.45, 7) is 2.97. The Morgan fingerprint density at radius 1 is 1.47 bits per heavy atom. The van der Waals surface area contributed by atoms with Crippen molar-refractivity contribution < 1.29 is 9.84 Å². The third-order valence-electron chi connectivity index (χ3n) is 2.40. The molecular formula is C11H14N4O2. The number of aromatic nitrogens is 3. The van der Waals surface area contributed by atoms with Gasteiger partial charge in [0.15, 0.2) is 5.82 Å². The predicted molar refractivity (Wildman–Crippen MR) is 62.5 cm³/mol. The van der Waals surface area contributed by atoms with Gasteiger partial charge in [-0.25, -0.2) is 9.67 Å². The van der Waals surface area contributed by atoms with E-state index in [9.17, 15) is 5.11 Å². The van der Waals surface area contributed by atoms with E-state index in [4.69, 9.17) is 10.5 Å². The number of anilines is 1. The molecule has 17 heavy (non-hydrogen) atoms. The molecule has 0 amide bonds. The maximum Gasteiger partial charge on any atom is 0.164 e. The molecular weight excluding hydrogens is 220 g/mol. The number of para-hydroxylation sites is 1. The van der Waals surface area contributed by atoms with Gasteiger partial charge in [0.25, 0.3) is 0 Å². The van der Waals surface area contributed by atoms with Crippen LogP contribution in [0.3, 0.4) is 0 Å². The number of nitrogens with zero attached hydrogens (tertiary/aromatic N) is 3. The number of ether oxygens (including phenoxy) is 1. The number of hydrogen-bond acceptors (Lipinski definition) is 5. The van der Waals surface area contributed by atoms with Gasteiger partial charge in [0, 0.05) is 6.54 Å². The second-order valence-corrected chi connectivity index (χ2v) is 3.47. The number of rotatable bonds is 4. The van der Waals surface area contributed by atoms with E-state index in [0.29, 0.717) is 5.75 Å². The lowest BCUT2D eigenvalue weighted by Crippen LogP contribution is -2.08. The molecule has 2 aromatic rings. The molecule has 0 radical (unpaired) electrons. The molecule has 0 spiro atoms. The number of aryl methyl sites for hydroxylation is 1. The second-order valence-electron chi connectivity index (χ2n) is 3.47. The molecule has 2 rings (SSSR count). The minimum Gasteiger partial charge on any atom is -0.506 e. The lowest BCUT2D eigenvalue weighted by molar-refractivity contribution is 0.287. The first-order valence-electron chi connectivity index (χ1n) is 5.29. The van der Waals surface area contributed by atoms with E-state index in [1.165, 1.54) is 12.4 Å². The fourth-order valence-corrected chi connectivity index (χ4v) is 1.46. The van der Waals surface area contributed by atoms with Gasteiger partial charge in [-0.15, -0.1) is 0 Å². The Morgan fingerprint density at radius 2 is 2.29 bits per heavy atom. The van der Waals surface area contributed by atoms with E-state index in [0.717, 1.165) is 12.4 Å². The minimum atomic E-state index is 0.0134. The Kier molecular flexibility index (Phi) is 3.13. The highest BCUT2D eigenvalue weighted by Gasteiger charge is 2.07. The van der Waals surface area contributed by atoms with E-state index in [-0.39, 0.29) is 18.0 Å². The normalized spacial score (nSPS) is 10.4. The number of aromatic hydroxyl groups is 1. The van der Waals surface area contributed by atoms with Crippen molar-refractivity contribution in [2.24, 2.45) is 0 Å². The van der Waals surface area contributed by atoms with Gasteiger partial charge >= 0.3 is 0 Å². The standard InChI is InChI=1S/C11H14N4O2/c1-2-15-10(13-7-14-15)6-17-9-5-3-4-8(16)11(9)12/h3-5,7,16H,2,6,12H2,1H3. The molecule has 0 atom stereocenters. The largest absolute Gasteiger partial charge is 0.506 e. The number of hydrogen-bond donors (Lipinski definition) is 2. The van der Waals surface area contributed by atoms with Crippen molar-refractivity contribution in [2.45, 2.75) is 20.1 Å². The van der Waals surface area contributed by atoms with Crippen LogP contribution >= 0.6 is 0 Å². The average Bonchev–Trinajstić information content (AvgIpc) is 2.78. The van der Waals surface area contributed by atoms with E-state index < -0.39 is 0 Å². The molecule has 0 aliphatic carbocycles. The minimum absolute atomic E-state index is 0.0134. The molecule has 0 bridgehead atoms. The van der Waals surface area contributed by atoms with Crippen LogP contribution in [0.15, 0.2) is 24.5 Å². The summed E-state index contributed by atoms with van der Waals surface area (Å²) in [5.41, 5.74) is 5.91. The molecule has 0 aliphatic heterocycles. The van der Waals surface area contributed by atoms with Crippen molar-refractivity contribution in [3.05, 3.63) is 30.4 Å². The van der Waals surface area contributed by atoms with Gasteiger partial charge in [-0.1, -0.05) is 6.07 Å². The molecule has 0 fully saturated rings. The fraction of sp³-hybridized carbons (Fsp3) is 0.273. The molecule has 1 aromatic carbocycles. The molecule has 1 heterocycles. The third kappa shape index (κ3) is 2.30. The molecule has 1 aromatic heterocycles. The Balaban J connectivity index is 2.10. The van der Waals surface area contributed by atoms with Crippen molar-refractivity contribution in [3.63, 3.8) is 0 Å². The van der Waals surface area contributed by atoms with E-state index in [1.54, 1.807) is 16.8 Å². The number of benzene rings is 1. The van der Waals surface area contributed by atoms with Gasteiger partial charge in [0.05, 0.1) is 0 Å². The molecule has 90 valence electrons. The summed E-state index contributed by atoms with van der Waals surface area (Å²) < 4.78 is 7.23. The fourth-order valence-electron chi connectivity index (χ4n) is 1.46. The molecule has 0 unspecified atom stereocenters. The van der Waals surface area contributed by atoms with Crippen molar-refractivity contribution in [3.8, 4) is 11.5 Å². The zero-order valence-corrected chi connectivity index (χ0v) is 9.50. The first kappa shape index (κ1) is 11.3. The lowest BCUT2D eigenvalue weighted by Gasteiger charge is -2.09. The molecule has 6 nitrogen and oxygen atoms in total. The van der Waals surface area contributed by atoms with Crippen LogP contribution in [0.2, 0.25) is 0 Å². The highest BCUT2D eigenvalue weighted by atomic mass is 16.5. The summed E-state index contributed by atoms with van der Waals surface area (Å²) in [5, 5.41) is 13.5. The number of nitrogens with two attached hydrogens (primary N) is 1. The second kappa shape index (κ2) is 4.73. The Bertz CT molecular complexity index is 510. The topological polar surface area (TPSA) is 86.2 Å². The molecule has 0 saturated heterocycles. The first-order valence-corrected chi connectivity index (χ1v) is 5.29. The highest BCUT2D eigenvalue weighted by Crippen LogP contribution is 2.30. The van der Waals surface area contributed by atoms with Crippen LogP contribution in [0.5, 0.6) is 11.5 Å². The quantitative estimate of drug-likeness (QED) is 0.612. The van der Waals surface area contributed by atoms with Crippen molar-refractivity contribution in [1.29, 1.82) is 0 Å². The lowest BCUT2D eigenvalue weighted by atomic mass is 10.3. The smallest absolute Gasteiger partial charge is 0.164 e. The van der Waals surface area contributed by atoms with Crippen LogP contribution in [-0.2, 0) is 13.2 Å². The Labute approximate surface area is 98.7 Å². The van der Waals surface area contributed by atoms with Crippen LogP contribution in [-0.4, -0.2) is 19.9 Å². The molecule has 3 N–H and O–H groups in total. The summed E-state index contributed by atoms with van der Waals surface area (Å²) in [4.78, 5) is 4.08. The van der Waals surface area contributed by atoms with Crippen molar-refractivity contribution in [2.75, 3.05) is 5.73 Å². The van der Waals surface area contributed by atoms with Crippen LogP contribution in [0.1, 0.15) is 12.7 Å². The Morgan fingerprint density at radius 3 is 3.06 bits per heavy atom. The first-order chi connectivity index (χ1) is 8.22. The third-order valence-corrected chi connectivity index (χ3v) is 2.40. The summed E-state index contributed by atoms with van der Waals surface area (Å²) in [5.74, 6) is 1.17. The van der Waals surface area contributed by atoms with E-state index >= 15 is 0 Å². The average molecular weight is 234 g/mol. The summed E-state index contributed by atoms with van der Waals surface area (Å²) in [7, 11) is 0. The van der Waals surface area contributed by atoms with Gasteiger partial charge in [-0.05, 0) is 19.1 Å². The van der Waals surface area contributed by atoms with Gasteiger partial charge in [0.2, 0.25) is 0 Å². The summed E-state index contributed by atoms with van der Waals surface area (Å²) >= 11 is 0. The highest BCUT2D eigenvalue weighted by molar-refractivity contribution is 5.61. The SMILES string of the molecule is CCn1ncnc1COc1cccc(O)c1N. The number of phenolic OH excluding ortho intramolecular Hbond substituents is 1. The van der Waals surface area contributed by atoms with Gasteiger partial charge < -0.3 is 15.6 Å². The van der Waals surface area contributed by atoms with Crippen LogP contribution in [0, 0.1) is 0 Å². The molecule has 6 heteroatoms. The number of phenols is 1. The van der Waals surface area contributed by atoms with Crippen LogP contribution in [0.4, 0.5) is 5.69 Å². The number of nitrogen functional groups attached to an aromatic ring is 1. The maximum atomic E-state index is 9.42. The van der Waals surface area contributed by atoms with Gasteiger partial charge in [0.1, 0.15) is 30.1 Å². The van der Waals surface area contributed by atoms with E-state index in [1.807, 2.05) is 6.92 Å².